The summed E-state index contributed by atoms with van der Waals surface area (Å²) in [5, 5.41) is 16.5. The van der Waals surface area contributed by atoms with Gasteiger partial charge in [0, 0.05) is 13.5 Å². The summed E-state index contributed by atoms with van der Waals surface area (Å²) >= 11 is 2.18. The molecule has 4 atom stereocenters. The monoisotopic (exact) mass is 388 g/mol. The normalized spacial score (nSPS) is 38.1. The molecule has 3 amide bonds. The molecule has 3 heterocycles. The van der Waals surface area contributed by atoms with Crippen LogP contribution in [0.4, 0.5) is 4.79 Å². The maximum Gasteiger partial charge on any atom is 0.319 e. The van der Waals surface area contributed by atoms with Crippen molar-refractivity contribution in [3.05, 3.63) is 21.5 Å². The highest BCUT2D eigenvalue weighted by atomic mass is 127. The lowest BCUT2D eigenvalue weighted by Crippen LogP contribution is -2.56. The second-order valence-electron chi connectivity index (χ2n) is 5.55. The molecule has 1 aromatic rings. The van der Waals surface area contributed by atoms with Gasteiger partial charge in [0.25, 0.3) is 5.91 Å². The van der Waals surface area contributed by atoms with E-state index in [2.05, 4.69) is 33.2 Å². The summed E-state index contributed by atoms with van der Waals surface area (Å²) in [5.41, 5.74) is -0.650. The van der Waals surface area contributed by atoms with Gasteiger partial charge in [0.1, 0.15) is 11.7 Å². The van der Waals surface area contributed by atoms with Gasteiger partial charge in [-0.1, -0.05) is 0 Å². The van der Waals surface area contributed by atoms with Gasteiger partial charge in [-0.3, -0.25) is 9.69 Å². The molecule has 0 radical (unpaired) electrons. The van der Waals surface area contributed by atoms with Crippen LogP contribution in [0.1, 0.15) is 23.0 Å². The van der Waals surface area contributed by atoms with E-state index in [-0.39, 0.29) is 24.0 Å². The molecule has 1 aromatic heterocycles. The van der Waals surface area contributed by atoms with Crippen molar-refractivity contribution in [2.24, 2.45) is 0 Å². The number of likely N-dealkylation sites (N-methyl/N-ethyl adjacent to an activating group) is 1. The average Bonchev–Trinajstić information content (AvgIpc) is 2.97. The number of carbonyl (C=O) groups is 2. The van der Waals surface area contributed by atoms with E-state index < -0.39 is 11.8 Å². The van der Waals surface area contributed by atoms with Gasteiger partial charge < -0.3 is 20.3 Å². The molecule has 0 bridgehead atoms. The smallest absolute Gasteiger partial charge is 0.319 e. The van der Waals surface area contributed by atoms with Gasteiger partial charge in [-0.2, -0.15) is 0 Å². The highest BCUT2D eigenvalue weighted by Crippen LogP contribution is 2.45. The Morgan fingerprint density at radius 2 is 2.15 bits per heavy atom. The van der Waals surface area contributed by atoms with E-state index in [0.717, 1.165) is 3.70 Å². The number of aromatic nitrogens is 1. The van der Waals surface area contributed by atoms with Crippen LogP contribution in [0.5, 0.6) is 0 Å². The zero-order chi connectivity index (χ0) is 14.2. The zero-order valence-electron chi connectivity index (χ0n) is 10.6. The molecule has 0 spiro atoms. The number of hydrogen-bond donors (Lipinski definition) is 3. The highest BCUT2D eigenvalue weighted by Gasteiger charge is 2.63. The molecule has 1 aliphatic carbocycles. The summed E-state index contributed by atoms with van der Waals surface area (Å²) in [6.07, 6.45) is 0.398. The van der Waals surface area contributed by atoms with Crippen LogP contribution in [-0.2, 0) is 0 Å². The zero-order valence-corrected chi connectivity index (χ0v) is 12.8. The maximum absolute atomic E-state index is 12.2. The number of aliphatic hydroxyl groups is 1. The van der Waals surface area contributed by atoms with E-state index in [4.69, 9.17) is 0 Å². The van der Waals surface area contributed by atoms with Crippen LogP contribution >= 0.6 is 22.6 Å². The number of halogens is 1. The lowest BCUT2D eigenvalue weighted by molar-refractivity contribution is -0.0561. The van der Waals surface area contributed by atoms with Gasteiger partial charge in [-0.05, 0) is 34.7 Å². The minimum absolute atomic E-state index is 0.0531. The molecule has 3 N–H and O–H groups in total. The topological polar surface area (TPSA) is 86.6 Å². The first-order valence-electron chi connectivity index (χ1n) is 6.38. The molecule has 1 saturated heterocycles. The minimum Gasteiger partial charge on any atom is -0.368 e. The second kappa shape index (κ2) is 3.67. The first kappa shape index (κ1) is 12.5. The van der Waals surface area contributed by atoms with Crippen molar-refractivity contribution in [3.8, 4) is 0 Å². The van der Waals surface area contributed by atoms with E-state index in [9.17, 15) is 14.7 Å². The van der Waals surface area contributed by atoms with Crippen LogP contribution in [0.25, 0.3) is 0 Å². The van der Waals surface area contributed by atoms with Crippen LogP contribution in [0.15, 0.2) is 12.1 Å². The molecule has 3 aliphatic rings. The quantitative estimate of drug-likeness (QED) is 0.541. The van der Waals surface area contributed by atoms with Crippen molar-refractivity contribution in [1.82, 2.24) is 20.1 Å². The molecule has 4 rings (SSSR count). The molecule has 1 saturated carbocycles. The molecule has 2 aliphatic heterocycles. The van der Waals surface area contributed by atoms with Gasteiger partial charge in [-0.15, -0.1) is 0 Å². The van der Waals surface area contributed by atoms with E-state index in [1.165, 1.54) is 4.90 Å². The number of fused-ring (bicyclic) bond motifs is 5. The number of rotatable bonds is 0. The number of nitrogens with zero attached hydrogens (tertiary/aromatic N) is 2. The van der Waals surface area contributed by atoms with Crippen molar-refractivity contribution < 1.29 is 14.7 Å². The summed E-state index contributed by atoms with van der Waals surface area (Å²) in [6, 6.07) is 2.53. The Labute approximate surface area is 128 Å². The predicted octanol–water partition coefficient (Wildman–Crippen LogP) is -0.138. The van der Waals surface area contributed by atoms with Gasteiger partial charge in [0.2, 0.25) is 0 Å². The Morgan fingerprint density at radius 3 is 2.90 bits per heavy atom. The summed E-state index contributed by atoms with van der Waals surface area (Å²) in [7, 11) is 1.58. The van der Waals surface area contributed by atoms with Crippen LogP contribution in [0.2, 0.25) is 0 Å². The van der Waals surface area contributed by atoms with Crippen molar-refractivity contribution in [2.45, 2.75) is 30.3 Å². The Balaban J connectivity index is 1.83. The fourth-order valence-corrected chi connectivity index (χ4v) is 4.43. The molecule has 20 heavy (non-hydrogen) atoms. The first-order valence-corrected chi connectivity index (χ1v) is 7.45. The first-order chi connectivity index (χ1) is 9.43. The summed E-state index contributed by atoms with van der Waals surface area (Å²) in [5.74, 6) is -0.165. The van der Waals surface area contributed by atoms with E-state index in [1.54, 1.807) is 13.1 Å². The van der Waals surface area contributed by atoms with E-state index in [0.29, 0.717) is 12.1 Å². The number of hydrogen-bond acceptors (Lipinski definition) is 3. The highest BCUT2D eigenvalue weighted by molar-refractivity contribution is 14.1. The lowest BCUT2D eigenvalue weighted by atomic mass is 10.1. The van der Waals surface area contributed by atoms with Crippen LogP contribution < -0.4 is 10.6 Å². The van der Waals surface area contributed by atoms with Gasteiger partial charge in [-0.25, -0.2) is 4.79 Å². The standard InChI is InChI=1S/C12H13IN4O3/c1-16-11(19)15-9-8-6(4-12(9,16)20)17-5(10(18)14-8)2-3-7(17)13/h2-3,6,8-9,20H,4H2,1H3,(H,14,18)(H,15,19)/t6-,8-,9+,12+/m1/s1. The molecular weight excluding hydrogens is 375 g/mol. The fraction of sp³-hybridized carbons (Fsp3) is 0.500. The Kier molecular flexibility index (Phi) is 2.28. The summed E-state index contributed by atoms with van der Waals surface area (Å²) in [6.45, 7) is 0. The molecule has 0 unspecified atom stereocenters. The third kappa shape index (κ3) is 1.28. The Bertz CT molecular complexity index is 645. The second-order valence-corrected chi connectivity index (χ2v) is 6.65. The molecule has 106 valence electrons. The Morgan fingerprint density at radius 1 is 1.40 bits per heavy atom. The van der Waals surface area contributed by atoms with Crippen molar-refractivity contribution in [1.29, 1.82) is 0 Å². The van der Waals surface area contributed by atoms with Crippen molar-refractivity contribution >= 4 is 34.5 Å². The number of nitrogens with one attached hydrogen (secondary N) is 2. The summed E-state index contributed by atoms with van der Waals surface area (Å²) in [4.78, 5) is 25.2. The lowest BCUT2D eigenvalue weighted by Gasteiger charge is -2.32. The SMILES string of the molecule is CN1C(=O)N[C@H]2[C@@H]3NC(=O)c4ccc(I)n4[C@@H]3C[C@]21O. The van der Waals surface area contributed by atoms with Crippen molar-refractivity contribution in [3.63, 3.8) is 0 Å². The van der Waals surface area contributed by atoms with Crippen LogP contribution in [0.3, 0.4) is 0 Å². The predicted molar refractivity (Wildman–Crippen MR) is 77.1 cm³/mol. The van der Waals surface area contributed by atoms with Crippen LogP contribution in [-0.4, -0.2) is 51.4 Å². The van der Waals surface area contributed by atoms with E-state index in [1.807, 2.05) is 10.6 Å². The van der Waals surface area contributed by atoms with Gasteiger partial charge in [0.05, 0.1) is 15.8 Å². The molecule has 7 nitrogen and oxygen atoms in total. The molecule has 2 fully saturated rings. The average molecular weight is 388 g/mol. The Hall–Kier alpha value is -1.29. The van der Waals surface area contributed by atoms with Crippen LogP contribution in [0, 0.1) is 3.70 Å². The maximum atomic E-state index is 12.2. The van der Waals surface area contributed by atoms with Crippen molar-refractivity contribution in [2.75, 3.05) is 7.05 Å². The number of urea groups is 1. The van der Waals surface area contributed by atoms with Gasteiger partial charge >= 0.3 is 6.03 Å². The third-order valence-electron chi connectivity index (χ3n) is 4.68. The number of carbonyl (C=O) groups excluding carboxylic acids is 2. The van der Waals surface area contributed by atoms with Gasteiger partial charge in [0.15, 0.2) is 5.72 Å². The summed E-state index contributed by atoms with van der Waals surface area (Å²) < 4.78 is 2.92. The number of amides is 3. The fourth-order valence-electron chi connectivity index (χ4n) is 3.63. The largest absolute Gasteiger partial charge is 0.368 e. The third-order valence-corrected chi connectivity index (χ3v) is 5.56. The van der Waals surface area contributed by atoms with E-state index >= 15 is 0 Å². The molecular formula is C12H13IN4O3. The molecule has 0 aromatic carbocycles. The minimum atomic E-state index is -1.26. The molecule has 8 heteroatoms.